The van der Waals surface area contributed by atoms with E-state index < -0.39 is 8.80 Å². The third-order valence-electron chi connectivity index (χ3n) is 1.56. The summed E-state index contributed by atoms with van der Waals surface area (Å²) in [5.74, 6) is 0. The molecule has 0 unspecified atom stereocenters. The van der Waals surface area contributed by atoms with E-state index in [0.29, 0.717) is 0 Å². The van der Waals surface area contributed by atoms with Crippen LogP contribution < -0.4 is 0 Å². The highest BCUT2D eigenvalue weighted by molar-refractivity contribution is 6.58. The van der Waals surface area contributed by atoms with Crippen molar-refractivity contribution in [3.8, 4) is 0 Å². The predicted molar refractivity (Wildman–Crippen MR) is 42.1 cm³/mol. The topological polar surface area (TPSA) is 48.8 Å². The van der Waals surface area contributed by atoms with Gasteiger partial charge in [0.25, 0.3) is 0 Å². The van der Waals surface area contributed by atoms with Crippen LogP contribution in [0.5, 0.6) is 0 Å². The van der Waals surface area contributed by atoms with E-state index in [1.165, 1.54) is 12.1 Å². The molecule has 0 aliphatic heterocycles. The lowest BCUT2D eigenvalue weighted by molar-refractivity contribution is 1.19. The molecule has 0 spiro atoms. The molecule has 0 aromatic heterocycles. The third kappa shape index (κ3) is 4.06. The van der Waals surface area contributed by atoms with E-state index in [1.54, 1.807) is 0 Å². The molecule has 0 amide bonds. The van der Waals surface area contributed by atoms with Crippen molar-refractivity contribution in [2.75, 3.05) is 6.17 Å². The van der Waals surface area contributed by atoms with Gasteiger partial charge in [-0.25, -0.2) is 0 Å². The second-order valence-corrected chi connectivity index (χ2v) is 5.83. The Morgan fingerprint density at radius 1 is 1.44 bits per heavy atom. The van der Waals surface area contributed by atoms with Crippen LogP contribution in [-0.4, -0.2) is 15.0 Å². The molecule has 0 radical (unpaired) electrons. The van der Waals surface area contributed by atoms with Crippen molar-refractivity contribution in [2.45, 2.75) is 25.9 Å². The number of azide groups is 1. The van der Waals surface area contributed by atoms with Crippen LogP contribution in [0, 0.1) is 0 Å². The molecule has 0 aromatic rings. The molecule has 0 atom stereocenters. The van der Waals surface area contributed by atoms with Gasteiger partial charge in [0.1, 0.15) is 0 Å². The Labute approximate surface area is 57.3 Å². The minimum atomic E-state index is -0.630. The molecular weight excluding hydrogens is 130 g/mol. The molecule has 3 nitrogen and oxygen atoms in total. The molecule has 0 aliphatic rings. The van der Waals surface area contributed by atoms with Crippen molar-refractivity contribution in [1.29, 1.82) is 0 Å². The molecule has 52 valence electrons. The Morgan fingerprint density at radius 3 is 2.33 bits per heavy atom. The van der Waals surface area contributed by atoms with Crippen molar-refractivity contribution in [2.24, 2.45) is 5.11 Å². The van der Waals surface area contributed by atoms with Crippen molar-refractivity contribution in [3.05, 3.63) is 10.4 Å². The van der Waals surface area contributed by atoms with Gasteiger partial charge in [-0.1, -0.05) is 31.0 Å². The Bertz CT molecular complexity index is 105. The van der Waals surface area contributed by atoms with Crippen molar-refractivity contribution >= 4 is 8.80 Å². The molecule has 0 bridgehead atoms. The first-order valence-corrected chi connectivity index (χ1v) is 5.80. The predicted octanol–water partition coefficient (Wildman–Crippen LogP) is 2.10. The van der Waals surface area contributed by atoms with E-state index in [1.807, 2.05) is 0 Å². The largest absolute Gasteiger partial charge is 0.0972 e. The van der Waals surface area contributed by atoms with Gasteiger partial charge in [0, 0.05) is 19.9 Å². The number of rotatable bonds is 4. The van der Waals surface area contributed by atoms with E-state index in [0.717, 1.165) is 6.17 Å². The van der Waals surface area contributed by atoms with Crippen molar-refractivity contribution in [1.82, 2.24) is 0 Å². The van der Waals surface area contributed by atoms with Crippen LogP contribution in [0.25, 0.3) is 10.4 Å². The lowest BCUT2D eigenvalue weighted by Crippen LogP contribution is -2.13. The van der Waals surface area contributed by atoms with Gasteiger partial charge >= 0.3 is 0 Å². The minimum Gasteiger partial charge on any atom is -0.0972 e. The quantitative estimate of drug-likeness (QED) is 0.250. The van der Waals surface area contributed by atoms with Crippen LogP contribution >= 0.6 is 0 Å². The first-order valence-electron chi connectivity index (χ1n) is 3.36. The van der Waals surface area contributed by atoms with Gasteiger partial charge in [-0.2, -0.15) is 0 Å². The van der Waals surface area contributed by atoms with Gasteiger partial charge in [-0.05, 0) is 5.53 Å². The maximum absolute atomic E-state index is 7.99. The Morgan fingerprint density at radius 2 is 2.00 bits per heavy atom. The molecule has 0 fully saturated rings. The van der Waals surface area contributed by atoms with E-state index in [9.17, 15) is 0 Å². The molecule has 0 aliphatic carbocycles. The number of hydrogen-bond acceptors (Lipinski definition) is 1. The van der Waals surface area contributed by atoms with Crippen molar-refractivity contribution in [3.63, 3.8) is 0 Å². The summed E-state index contributed by atoms with van der Waals surface area (Å²) >= 11 is 0. The molecule has 0 aromatic carbocycles. The molecular formula is C5H13N3Si. The summed E-state index contributed by atoms with van der Waals surface area (Å²) < 4.78 is 0. The SMILES string of the molecule is CC[SiH](CC)CN=[N+]=[N-]. The standard InChI is InChI=1S/C5H13N3Si/c1-3-9(4-2)5-7-8-6/h9H,3-5H2,1-2H3. The van der Waals surface area contributed by atoms with E-state index in [4.69, 9.17) is 5.53 Å². The summed E-state index contributed by atoms with van der Waals surface area (Å²) in [6.45, 7) is 4.35. The summed E-state index contributed by atoms with van der Waals surface area (Å²) in [6, 6.07) is 2.49. The fraction of sp³-hybridized carbons (Fsp3) is 1.00. The van der Waals surface area contributed by atoms with Gasteiger partial charge in [0.2, 0.25) is 0 Å². The summed E-state index contributed by atoms with van der Waals surface area (Å²) in [7, 11) is -0.630. The third-order valence-corrected chi connectivity index (χ3v) is 4.55. The van der Waals surface area contributed by atoms with Crippen molar-refractivity contribution < 1.29 is 0 Å². The van der Waals surface area contributed by atoms with Crippen LogP contribution in [0.15, 0.2) is 5.11 Å². The van der Waals surface area contributed by atoms with Gasteiger partial charge in [-0.15, -0.1) is 0 Å². The second kappa shape index (κ2) is 5.66. The smallest absolute Gasteiger partial charge is 0.0433 e. The maximum atomic E-state index is 7.99. The minimum absolute atomic E-state index is 0.630. The number of hydrogen-bond donors (Lipinski definition) is 0. The zero-order valence-corrected chi connectivity index (χ0v) is 7.20. The summed E-state index contributed by atoms with van der Waals surface area (Å²) in [6.07, 6.45) is 0.795. The fourth-order valence-electron chi connectivity index (χ4n) is 0.699. The fourth-order valence-corrected chi connectivity index (χ4v) is 2.10. The normalized spacial score (nSPS) is 9.22. The van der Waals surface area contributed by atoms with Crippen LogP contribution in [0.1, 0.15) is 13.8 Å². The molecule has 0 saturated heterocycles. The average Bonchev–Trinajstić information content (AvgIpc) is 1.91. The zero-order chi connectivity index (χ0) is 7.11. The second-order valence-electron chi connectivity index (χ2n) is 2.10. The van der Waals surface area contributed by atoms with Gasteiger partial charge in [-0.3, -0.25) is 0 Å². The van der Waals surface area contributed by atoms with Crippen LogP contribution in [0.2, 0.25) is 12.1 Å². The molecule has 0 heterocycles. The van der Waals surface area contributed by atoms with Crippen LogP contribution in [-0.2, 0) is 0 Å². The van der Waals surface area contributed by atoms with Crippen LogP contribution in [0.3, 0.4) is 0 Å². The Hall–Kier alpha value is -0.473. The van der Waals surface area contributed by atoms with Crippen LogP contribution in [0.4, 0.5) is 0 Å². The monoisotopic (exact) mass is 143 g/mol. The highest BCUT2D eigenvalue weighted by atomic mass is 28.3. The average molecular weight is 143 g/mol. The molecule has 9 heavy (non-hydrogen) atoms. The molecule has 0 rings (SSSR count). The molecule has 0 saturated carbocycles. The van der Waals surface area contributed by atoms with E-state index in [2.05, 4.69) is 23.9 Å². The molecule has 0 N–H and O–H groups in total. The van der Waals surface area contributed by atoms with Gasteiger partial charge in [0.15, 0.2) is 0 Å². The lowest BCUT2D eigenvalue weighted by atomic mass is 10.9. The highest BCUT2D eigenvalue weighted by Gasteiger charge is 2.01. The lowest BCUT2D eigenvalue weighted by Gasteiger charge is -2.03. The Balaban J connectivity index is 3.42. The molecule has 4 heteroatoms. The first kappa shape index (κ1) is 8.53. The van der Waals surface area contributed by atoms with Gasteiger partial charge < -0.3 is 0 Å². The Kier molecular flexibility index (Phi) is 5.36. The summed E-state index contributed by atoms with van der Waals surface area (Å²) in [4.78, 5) is 2.73. The number of nitrogens with zero attached hydrogens (tertiary/aromatic N) is 3. The summed E-state index contributed by atoms with van der Waals surface area (Å²) in [5.41, 5.74) is 7.99. The zero-order valence-electron chi connectivity index (χ0n) is 6.04. The highest BCUT2D eigenvalue weighted by Crippen LogP contribution is 1.97. The van der Waals surface area contributed by atoms with E-state index in [-0.39, 0.29) is 0 Å². The van der Waals surface area contributed by atoms with Gasteiger partial charge in [0.05, 0.1) is 0 Å². The summed E-state index contributed by atoms with van der Waals surface area (Å²) in [5, 5.41) is 3.56. The maximum Gasteiger partial charge on any atom is 0.0433 e. The first-order chi connectivity index (χ1) is 4.35. The van der Waals surface area contributed by atoms with E-state index >= 15 is 0 Å².